The molecular weight excluding hydrogens is 356 g/mol. The zero-order chi connectivity index (χ0) is 20.3. The van der Waals surface area contributed by atoms with Crippen molar-refractivity contribution in [2.75, 3.05) is 40.2 Å². The van der Waals surface area contributed by atoms with Gasteiger partial charge in [0.05, 0.1) is 27.0 Å². The minimum atomic E-state index is -0.0220. The molecule has 6 heteroatoms. The standard InChI is InChI=1S/C22H28N2O4/c1-6-24-17-10-8-14-15(12-18(17)25)16(23-2)9-7-13-11-19(26-3)21(27-4)22(28-5)20(13)14/h8,10-12,16,23H,6-7,9H2,1-5H3,(H,24,25)/t16-/m1/s1. The van der Waals surface area contributed by atoms with Gasteiger partial charge in [-0.15, -0.1) is 0 Å². The molecule has 0 saturated heterocycles. The molecule has 28 heavy (non-hydrogen) atoms. The summed E-state index contributed by atoms with van der Waals surface area (Å²) in [4.78, 5) is 12.8. The Morgan fingerprint density at radius 2 is 1.82 bits per heavy atom. The third-order valence-electron chi connectivity index (χ3n) is 5.25. The molecule has 1 aliphatic rings. The molecule has 1 atom stereocenters. The Morgan fingerprint density at radius 3 is 2.43 bits per heavy atom. The van der Waals surface area contributed by atoms with E-state index in [0.29, 0.717) is 29.5 Å². The lowest BCUT2D eigenvalue weighted by atomic mass is 9.95. The monoisotopic (exact) mass is 384 g/mol. The Balaban J connectivity index is 2.40. The van der Waals surface area contributed by atoms with Crippen LogP contribution in [0.4, 0.5) is 5.69 Å². The highest BCUT2D eigenvalue weighted by atomic mass is 16.5. The lowest BCUT2D eigenvalue weighted by Gasteiger charge is -2.19. The molecule has 2 aromatic rings. The summed E-state index contributed by atoms with van der Waals surface area (Å²) in [5.74, 6) is 1.82. The molecule has 2 aromatic carbocycles. The molecule has 0 spiro atoms. The molecule has 0 heterocycles. The summed E-state index contributed by atoms with van der Waals surface area (Å²) < 4.78 is 16.9. The molecule has 2 N–H and O–H groups in total. The number of benzene rings is 1. The maximum Gasteiger partial charge on any atom is 0.203 e. The molecule has 0 bridgehead atoms. The highest BCUT2D eigenvalue weighted by Gasteiger charge is 2.28. The van der Waals surface area contributed by atoms with Crippen LogP contribution in [0, 0.1) is 0 Å². The Kier molecular flexibility index (Phi) is 6.09. The second-order valence-electron chi connectivity index (χ2n) is 6.71. The van der Waals surface area contributed by atoms with Crippen LogP contribution < -0.4 is 30.3 Å². The summed E-state index contributed by atoms with van der Waals surface area (Å²) in [6.07, 6.45) is 1.68. The predicted molar refractivity (Wildman–Crippen MR) is 112 cm³/mol. The van der Waals surface area contributed by atoms with Crippen LogP contribution in [0.5, 0.6) is 17.2 Å². The van der Waals surface area contributed by atoms with Gasteiger partial charge in [0.1, 0.15) is 0 Å². The molecule has 0 unspecified atom stereocenters. The van der Waals surface area contributed by atoms with E-state index in [9.17, 15) is 4.79 Å². The second-order valence-corrected chi connectivity index (χ2v) is 6.71. The van der Waals surface area contributed by atoms with Crippen molar-refractivity contribution in [1.82, 2.24) is 5.32 Å². The summed E-state index contributed by atoms with van der Waals surface area (Å²) in [5.41, 5.74) is 4.55. The quantitative estimate of drug-likeness (QED) is 0.796. The van der Waals surface area contributed by atoms with Crippen molar-refractivity contribution >= 4 is 5.69 Å². The zero-order valence-electron chi connectivity index (χ0n) is 17.1. The number of ether oxygens (including phenoxy) is 3. The minimum absolute atomic E-state index is 0.0220. The maximum atomic E-state index is 12.8. The van der Waals surface area contributed by atoms with Crippen LogP contribution >= 0.6 is 0 Å². The van der Waals surface area contributed by atoms with Crippen molar-refractivity contribution in [3.8, 4) is 28.4 Å². The van der Waals surface area contributed by atoms with Gasteiger partial charge in [-0.25, -0.2) is 0 Å². The van der Waals surface area contributed by atoms with E-state index in [0.717, 1.165) is 35.1 Å². The van der Waals surface area contributed by atoms with Crippen LogP contribution in [0.2, 0.25) is 0 Å². The number of nitrogens with one attached hydrogen (secondary N) is 2. The Labute approximate surface area is 165 Å². The van der Waals surface area contributed by atoms with E-state index in [4.69, 9.17) is 14.2 Å². The molecule has 150 valence electrons. The van der Waals surface area contributed by atoms with Gasteiger partial charge in [-0.3, -0.25) is 4.79 Å². The third kappa shape index (κ3) is 3.40. The van der Waals surface area contributed by atoms with Crippen molar-refractivity contribution in [2.45, 2.75) is 25.8 Å². The molecule has 0 saturated carbocycles. The lowest BCUT2D eigenvalue weighted by molar-refractivity contribution is 0.324. The number of rotatable bonds is 6. The fourth-order valence-electron chi connectivity index (χ4n) is 3.95. The topological polar surface area (TPSA) is 68.8 Å². The van der Waals surface area contributed by atoms with Gasteiger partial charge in [-0.2, -0.15) is 0 Å². The Hall–Kier alpha value is -2.73. The average Bonchev–Trinajstić information content (AvgIpc) is 2.95. The number of anilines is 1. The van der Waals surface area contributed by atoms with Crippen molar-refractivity contribution in [2.24, 2.45) is 0 Å². The van der Waals surface area contributed by atoms with Gasteiger partial charge in [0.2, 0.25) is 11.2 Å². The fraction of sp³-hybridized carbons (Fsp3) is 0.409. The van der Waals surface area contributed by atoms with Crippen molar-refractivity contribution in [3.05, 3.63) is 45.6 Å². The number of methoxy groups -OCH3 is 3. The summed E-state index contributed by atoms with van der Waals surface area (Å²) in [6, 6.07) is 7.65. The normalized spacial score (nSPS) is 15.1. The first-order chi connectivity index (χ1) is 13.6. The first-order valence-corrected chi connectivity index (χ1v) is 9.51. The molecule has 0 radical (unpaired) electrons. The van der Waals surface area contributed by atoms with Gasteiger partial charge in [0, 0.05) is 18.2 Å². The van der Waals surface area contributed by atoms with Gasteiger partial charge >= 0.3 is 0 Å². The molecule has 0 amide bonds. The summed E-state index contributed by atoms with van der Waals surface area (Å²) in [7, 11) is 6.77. The van der Waals surface area contributed by atoms with Crippen LogP contribution in [-0.2, 0) is 6.42 Å². The number of hydrogen-bond donors (Lipinski definition) is 2. The average molecular weight is 384 g/mol. The van der Waals surface area contributed by atoms with Crippen molar-refractivity contribution in [1.29, 1.82) is 0 Å². The molecule has 0 aliphatic heterocycles. The van der Waals surface area contributed by atoms with Crippen LogP contribution in [-0.4, -0.2) is 34.9 Å². The van der Waals surface area contributed by atoms with Gasteiger partial charge < -0.3 is 24.8 Å². The van der Waals surface area contributed by atoms with Gasteiger partial charge in [-0.1, -0.05) is 6.07 Å². The SMILES string of the molecule is CCNc1ccc2c(cc1=O)[C@H](NC)CCc1cc(OC)c(OC)c(OC)c1-2. The summed E-state index contributed by atoms with van der Waals surface area (Å²) in [6.45, 7) is 2.66. The minimum Gasteiger partial charge on any atom is -0.493 e. The summed E-state index contributed by atoms with van der Waals surface area (Å²) >= 11 is 0. The lowest BCUT2D eigenvalue weighted by Crippen LogP contribution is -2.17. The van der Waals surface area contributed by atoms with E-state index >= 15 is 0 Å². The van der Waals surface area contributed by atoms with E-state index in [1.807, 2.05) is 32.2 Å². The molecule has 0 aromatic heterocycles. The number of aryl methyl sites for hydroxylation is 1. The maximum absolute atomic E-state index is 12.8. The van der Waals surface area contributed by atoms with Crippen LogP contribution in [0.25, 0.3) is 11.1 Å². The fourth-order valence-corrected chi connectivity index (χ4v) is 3.95. The molecule has 6 nitrogen and oxygen atoms in total. The van der Waals surface area contributed by atoms with E-state index < -0.39 is 0 Å². The highest BCUT2D eigenvalue weighted by Crippen LogP contribution is 2.50. The number of fused-ring (bicyclic) bond motifs is 3. The first kappa shape index (κ1) is 20.0. The van der Waals surface area contributed by atoms with Crippen molar-refractivity contribution in [3.63, 3.8) is 0 Å². The van der Waals surface area contributed by atoms with Gasteiger partial charge in [0.25, 0.3) is 0 Å². The first-order valence-electron chi connectivity index (χ1n) is 9.51. The Morgan fingerprint density at radius 1 is 1.07 bits per heavy atom. The Bertz CT molecular complexity index is 927. The van der Waals surface area contributed by atoms with Crippen LogP contribution in [0.1, 0.15) is 30.5 Å². The second kappa shape index (κ2) is 8.52. The predicted octanol–water partition coefficient (Wildman–Crippen LogP) is 3.38. The van der Waals surface area contributed by atoms with Crippen LogP contribution in [0.15, 0.2) is 29.1 Å². The van der Waals surface area contributed by atoms with E-state index in [1.54, 1.807) is 27.4 Å². The highest BCUT2D eigenvalue weighted by molar-refractivity contribution is 5.83. The van der Waals surface area contributed by atoms with Crippen molar-refractivity contribution < 1.29 is 14.2 Å². The molecule has 1 aliphatic carbocycles. The number of hydrogen-bond acceptors (Lipinski definition) is 6. The largest absolute Gasteiger partial charge is 0.493 e. The van der Waals surface area contributed by atoms with Gasteiger partial charge in [-0.05, 0) is 61.7 Å². The van der Waals surface area contributed by atoms with E-state index in [-0.39, 0.29) is 11.5 Å². The smallest absolute Gasteiger partial charge is 0.203 e. The molecule has 3 rings (SSSR count). The van der Waals surface area contributed by atoms with Crippen LogP contribution in [0.3, 0.4) is 0 Å². The van der Waals surface area contributed by atoms with Gasteiger partial charge in [0.15, 0.2) is 11.5 Å². The molecule has 0 fully saturated rings. The van der Waals surface area contributed by atoms with E-state index in [1.165, 1.54) is 0 Å². The third-order valence-corrected chi connectivity index (χ3v) is 5.25. The van der Waals surface area contributed by atoms with E-state index in [2.05, 4.69) is 10.6 Å². The summed E-state index contributed by atoms with van der Waals surface area (Å²) in [5, 5.41) is 6.51. The zero-order valence-corrected chi connectivity index (χ0v) is 17.1. The molecular formula is C22H28N2O4.